The first kappa shape index (κ1) is 20.4. The summed E-state index contributed by atoms with van der Waals surface area (Å²) in [5.41, 5.74) is 2.35. The molecule has 0 saturated heterocycles. The third-order valence-corrected chi connectivity index (χ3v) is 4.13. The highest BCUT2D eigenvalue weighted by Gasteiger charge is 2.21. The number of benzene rings is 2. The van der Waals surface area contributed by atoms with E-state index in [0.717, 1.165) is 43.2 Å². The minimum absolute atomic E-state index is 0. The number of nitrogens with zero attached hydrogens (tertiary/aromatic N) is 1. The molecule has 26 heavy (non-hydrogen) atoms. The highest BCUT2D eigenvalue weighted by atomic mass is 127. The molecule has 1 aliphatic heterocycles. The van der Waals surface area contributed by atoms with Gasteiger partial charge in [-0.3, -0.25) is 0 Å². The van der Waals surface area contributed by atoms with Gasteiger partial charge in [0.15, 0.2) is 5.96 Å². The van der Waals surface area contributed by atoms with E-state index in [9.17, 15) is 5.11 Å². The molecule has 1 heterocycles. The van der Waals surface area contributed by atoms with Gasteiger partial charge in [0.05, 0.1) is 6.54 Å². The van der Waals surface area contributed by atoms with Crippen LogP contribution in [-0.4, -0.2) is 36.8 Å². The maximum absolute atomic E-state index is 9.52. The van der Waals surface area contributed by atoms with Crippen LogP contribution in [0.5, 0.6) is 11.5 Å². The predicted molar refractivity (Wildman–Crippen MR) is 116 cm³/mol. The van der Waals surface area contributed by atoms with Crippen molar-refractivity contribution in [1.29, 1.82) is 0 Å². The average molecular weight is 467 g/mol. The van der Waals surface area contributed by atoms with Crippen LogP contribution in [0.25, 0.3) is 0 Å². The average Bonchev–Trinajstić information content (AvgIpc) is 3.03. The van der Waals surface area contributed by atoms with Gasteiger partial charge in [0.1, 0.15) is 17.6 Å². The maximum Gasteiger partial charge on any atom is 0.191 e. The van der Waals surface area contributed by atoms with Gasteiger partial charge in [-0.1, -0.05) is 30.3 Å². The largest absolute Gasteiger partial charge is 0.508 e. The van der Waals surface area contributed by atoms with Crippen molar-refractivity contribution in [1.82, 2.24) is 10.6 Å². The number of aromatic hydroxyl groups is 1. The Kier molecular flexibility index (Phi) is 8.03. The van der Waals surface area contributed by atoms with Crippen LogP contribution >= 0.6 is 24.0 Å². The molecule has 3 N–H and O–H groups in total. The van der Waals surface area contributed by atoms with Crippen LogP contribution in [0.15, 0.2) is 53.5 Å². The van der Waals surface area contributed by atoms with E-state index in [1.165, 1.54) is 5.56 Å². The molecule has 0 radical (unpaired) electrons. The Labute approximate surface area is 171 Å². The lowest BCUT2D eigenvalue weighted by Gasteiger charge is -2.13. The van der Waals surface area contributed by atoms with Crippen LogP contribution in [0.1, 0.15) is 18.1 Å². The summed E-state index contributed by atoms with van der Waals surface area (Å²) in [7, 11) is 0. The molecule has 140 valence electrons. The molecule has 1 atom stereocenters. The van der Waals surface area contributed by atoms with Crippen molar-refractivity contribution in [3.63, 3.8) is 0 Å². The van der Waals surface area contributed by atoms with Crippen molar-refractivity contribution in [3.05, 3.63) is 59.7 Å². The van der Waals surface area contributed by atoms with Crippen molar-refractivity contribution < 1.29 is 9.84 Å². The normalized spacial score (nSPS) is 15.6. The number of phenols is 1. The predicted octanol–water partition coefficient (Wildman–Crippen LogP) is 3.11. The summed E-state index contributed by atoms with van der Waals surface area (Å²) >= 11 is 0. The molecule has 0 aliphatic carbocycles. The molecule has 5 nitrogen and oxygen atoms in total. The molecule has 2 aromatic carbocycles. The maximum atomic E-state index is 9.52. The Morgan fingerprint density at radius 2 is 2.04 bits per heavy atom. The number of phenolic OH excluding ortho intramolecular Hbond substituents is 1. The molecule has 0 aromatic heterocycles. The van der Waals surface area contributed by atoms with Gasteiger partial charge >= 0.3 is 0 Å². The summed E-state index contributed by atoms with van der Waals surface area (Å²) in [5.74, 6) is 2.07. The lowest BCUT2D eigenvalue weighted by Crippen LogP contribution is -2.39. The molecule has 6 heteroatoms. The van der Waals surface area contributed by atoms with E-state index in [1.54, 1.807) is 12.1 Å². The van der Waals surface area contributed by atoms with Crippen molar-refractivity contribution in [2.24, 2.45) is 4.99 Å². The van der Waals surface area contributed by atoms with Crippen LogP contribution in [0, 0.1) is 0 Å². The molecule has 1 unspecified atom stereocenters. The van der Waals surface area contributed by atoms with Gasteiger partial charge in [-0.2, -0.15) is 0 Å². The van der Waals surface area contributed by atoms with Crippen LogP contribution in [0.4, 0.5) is 0 Å². The standard InChI is InChI=1S/C20H25N3O2.HI/c1-2-21-20(22-11-10-15-6-5-8-17(24)12-15)23-14-18-13-16-7-3-4-9-19(16)25-18;/h3-9,12,18,24H,2,10-11,13-14H2,1H3,(H2,21,22,23);1H. The Bertz CT molecular complexity index is 712. The fourth-order valence-electron chi connectivity index (χ4n) is 2.93. The summed E-state index contributed by atoms with van der Waals surface area (Å²) in [6.07, 6.45) is 1.82. The molecule has 0 amide bonds. The fourth-order valence-corrected chi connectivity index (χ4v) is 2.93. The molecule has 0 bridgehead atoms. The van der Waals surface area contributed by atoms with Gasteiger partial charge in [-0.25, -0.2) is 4.99 Å². The van der Waals surface area contributed by atoms with Gasteiger partial charge in [0.2, 0.25) is 0 Å². The van der Waals surface area contributed by atoms with E-state index in [2.05, 4.69) is 21.7 Å². The van der Waals surface area contributed by atoms with Crippen LogP contribution in [0.2, 0.25) is 0 Å². The zero-order chi connectivity index (χ0) is 17.5. The first-order chi connectivity index (χ1) is 12.2. The smallest absolute Gasteiger partial charge is 0.191 e. The number of halogens is 1. The van der Waals surface area contributed by atoms with Crippen molar-refractivity contribution >= 4 is 29.9 Å². The molecule has 3 rings (SSSR count). The molecule has 0 saturated carbocycles. The lowest BCUT2D eigenvalue weighted by molar-refractivity contribution is 0.241. The monoisotopic (exact) mass is 467 g/mol. The molecule has 0 spiro atoms. The molecule has 2 aromatic rings. The Morgan fingerprint density at radius 1 is 1.19 bits per heavy atom. The lowest BCUT2D eigenvalue weighted by atomic mass is 10.1. The summed E-state index contributed by atoms with van der Waals surface area (Å²) in [6, 6.07) is 15.5. The third-order valence-electron chi connectivity index (χ3n) is 4.13. The van der Waals surface area contributed by atoms with Gasteiger partial charge < -0.3 is 20.5 Å². The van der Waals surface area contributed by atoms with Crippen molar-refractivity contribution in [2.75, 3.05) is 19.6 Å². The SMILES string of the molecule is CCNC(=NCC1Cc2ccccc2O1)NCCc1cccc(O)c1.I. The summed E-state index contributed by atoms with van der Waals surface area (Å²) in [5, 5.41) is 16.1. The zero-order valence-corrected chi connectivity index (χ0v) is 17.3. The van der Waals surface area contributed by atoms with Crippen LogP contribution in [-0.2, 0) is 12.8 Å². The van der Waals surface area contributed by atoms with E-state index in [0.29, 0.717) is 12.3 Å². The highest BCUT2D eigenvalue weighted by molar-refractivity contribution is 14.0. The van der Waals surface area contributed by atoms with Gasteiger partial charge in [0, 0.05) is 19.5 Å². The second-order valence-electron chi connectivity index (χ2n) is 6.12. The van der Waals surface area contributed by atoms with E-state index in [4.69, 9.17) is 4.74 Å². The minimum atomic E-state index is 0. The van der Waals surface area contributed by atoms with Gasteiger partial charge in [0.25, 0.3) is 0 Å². The number of nitrogens with one attached hydrogen (secondary N) is 2. The number of para-hydroxylation sites is 1. The van der Waals surface area contributed by atoms with Crippen LogP contribution < -0.4 is 15.4 Å². The second-order valence-corrected chi connectivity index (χ2v) is 6.12. The van der Waals surface area contributed by atoms with E-state index < -0.39 is 0 Å². The molecule has 1 aliphatic rings. The van der Waals surface area contributed by atoms with Crippen LogP contribution in [0.3, 0.4) is 0 Å². The first-order valence-electron chi connectivity index (χ1n) is 8.79. The quantitative estimate of drug-likeness (QED) is 0.347. The number of hydrogen-bond donors (Lipinski definition) is 3. The molecular weight excluding hydrogens is 441 g/mol. The Morgan fingerprint density at radius 3 is 2.81 bits per heavy atom. The van der Waals surface area contributed by atoms with Gasteiger partial charge in [-0.15, -0.1) is 24.0 Å². The summed E-state index contributed by atoms with van der Waals surface area (Å²) in [4.78, 5) is 4.65. The number of guanidine groups is 1. The van der Waals surface area contributed by atoms with E-state index >= 15 is 0 Å². The summed E-state index contributed by atoms with van der Waals surface area (Å²) < 4.78 is 5.93. The minimum Gasteiger partial charge on any atom is -0.508 e. The van der Waals surface area contributed by atoms with Crippen molar-refractivity contribution in [3.8, 4) is 11.5 Å². The Balaban J connectivity index is 0.00000243. The molecular formula is C20H26IN3O2. The topological polar surface area (TPSA) is 65.9 Å². The second kappa shape index (κ2) is 10.3. The highest BCUT2D eigenvalue weighted by Crippen LogP contribution is 2.28. The number of hydrogen-bond acceptors (Lipinski definition) is 3. The van der Waals surface area contributed by atoms with Gasteiger partial charge in [-0.05, 0) is 42.7 Å². The number of fused-ring (bicyclic) bond motifs is 1. The third kappa shape index (κ3) is 5.79. The Hall–Kier alpha value is -1.96. The van der Waals surface area contributed by atoms with E-state index in [-0.39, 0.29) is 30.1 Å². The first-order valence-corrected chi connectivity index (χ1v) is 8.79. The van der Waals surface area contributed by atoms with Crippen molar-refractivity contribution in [2.45, 2.75) is 25.9 Å². The molecule has 0 fully saturated rings. The number of rotatable bonds is 6. The fraction of sp³-hybridized carbons (Fsp3) is 0.350. The van der Waals surface area contributed by atoms with E-state index in [1.807, 2.05) is 37.3 Å². The zero-order valence-electron chi connectivity index (χ0n) is 14.9. The summed E-state index contributed by atoms with van der Waals surface area (Å²) in [6.45, 7) is 4.23. The number of aliphatic imine (C=N–C) groups is 1. The number of ether oxygens (including phenoxy) is 1.